The predicted molar refractivity (Wildman–Crippen MR) is 101 cm³/mol. The molecule has 0 N–H and O–H groups in total. The minimum atomic E-state index is -4.94. The number of halogens is 3. The Morgan fingerprint density at radius 3 is 2.53 bits per heavy atom. The largest absolute Gasteiger partial charge is 0.493 e. The van der Waals surface area contributed by atoms with Crippen LogP contribution >= 0.6 is 0 Å². The van der Waals surface area contributed by atoms with Crippen molar-refractivity contribution in [3.63, 3.8) is 0 Å². The highest BCUT2D eigenvalue weighted by Crippen LogP contribution is 2.41. The van der Waals surface area contributed by atoms with Crippen LogP contribution < -0.4 is 14.9 Å². The van der Waals surface area contributed by atoms with Crippen LogP contribution in [0, 0.1) is 0 Å². The maximum atomic E-state index is 13.8. The molecule has 0 amide bonds. The summed E-state index contributed by atoms with van der Waals surface area (Å²) < 4.78 is 58.2. The number of fused-ring (bicyclic) bond motifs is 1. The molecule has 3 aromatic heterocycles. The van der Waals surface area contributed by atoms with Crippen LogP contribution in [0.1, 0.15) is 5.76 Å². The molecule has 4 rings (SSSR count). The number of benzene rings is 1. The molecule has 0 aliphatic carbocycles. The second kappa shape index (κ2) is 7.21. The second-order valence-electron chi connectivity index (χ2n) is 6.17. The summed E-state index contributed by atoms with van der Waals surface area (Å²) in [5.74, 6) is -1.04. The minimum absolute atomic E-state index is 0.0570. The van der Waals surface area contributed by atoms with Crippen LogP contribution in [0.15, 0.2) is 58.1 Å². The van der Waals surface area contributed by atoms with Crippen LogP contribution in [-0.2, 0) is 6.18 Å². The average Bonchev–Trinajstić information content (AvgIpc) is 3.22. The van der Waals surface area contributed by atoms with Gasteiger partial charge < -0.3 is 13.9 Å². The fourth-order valence-electron chi connectivity index (χ4n) is 3.10. The minimum Gasteiger partial charge on any atom is -0.493 e. The van der Waals surface area contributed by atoms with Crippen molar-refractivity contribution in [1.29, 1.82) is 0 Å². The van der Waals surface area contributed by atoms with E-state index in [1.807, 2.05) is 0 Å². The smallest absolute Gasteiger partial charge is 0.450 e. The number of hydrogen-bond acceptors (Lipinski definition) is 6. The summed E-state index contributed by atoms with van der Waals surface area (Å²) in [6, 6.07) is 7.77. The summed E-state index contributed by atoms with van der Waals surface area (Å²) >= 11 is 0. The summed E-state index contributed by atoms with van der Waals surface area (Å²) in [5.41, 5.74) is -1.93. The van der Waals surface area contributed by atoms with Crippen molar-refractivity contribution in [2.75, 3.05) is 14.2 Å². The lowest BCUT2D eigenvalue weighted by molar-refractivity contribution is -0.152. The van der Waals surface area contributed by atoms with Crippen LogP contribution in [-0.4, -0.2) is 29.0 Å². The lowest BCUT2D eigenvalue weighted by Gasteiger charge is -2.14. The molecule has 0 unspecified atom stereocenters. The molecule has 0 saturated heterocycles. The van der Waals surface area contributed by atoms with E-state index < -0.39 is 22.9 Å². The Balaban J connectivity index is 2.02. The summed E-state index contributed by atoms with van der Waals surface area (Å²) in [7, 11) is 2.57. The molecule has 0 spiro atoms. The van der Waals surface area contributed by atoms with Gasteiger partial charge in [0.15, 0.2) is 17.2 Å². The van der Waals surface area contributed by atoms with Crippen LogP contribution in [0.4, 0.5) is 13.2 Å². The monoisotopic (exact) mass is 417 g/mol. The van der Waals surface area contributed by atoms with Crippen molar-refractivity contribution in [3.8, 4) is 28.4 Å². The maximum Gasteiger partial charge on any atom is 0.450 e. The third kappa shape index (κ3) is 3.15. The fourth-order valence-corrected chi connectivity index (χ4v) is 3.10. The Bertz CT molecular complexity index is 1280. The van der Waals surface area contributed by atoms with Gasteiger partial charge in [-0.1, -0.05) is 6.07 Å². The molecule has 4 aromatic rings. The molecule has 30 heavy (non-hydrogen) atoms. The normalized spacial score (nSPS) is 11.6. The van der Waals surface area contributed by atoms with Crippen LogP contribution in [0.5, 0.6) is 11.5 Å². The van der Waals surface area contributed by atoms with Gasteiger partial charge in [-0.25, -0.2) is 9.67 Å². The number of hydrogen-bond donors (Lipinski definition) is 0. The van der Waals surface area contributed by atoms with Gasteiger partial charge in [-0.3, -0.25) is 4.79 Å². The molecule has 0 fully saturated rings. The highest BCUT2D eigenvalue weighted by Gasteiger charge is 2.40. The van der Waals surface area contributed by atoms with Crippen LogP contribution in [0.3, 0.4) is 0 Å². The van der Waals surface area contributed by atoms with E-state index in [0.29, 0.717) is 5.82 Å². The molecule has 1 aromatic carbocycles. The number of alkyl halides is 3. The molecule has 0 aliphatic rings. The van der Waals surface area contributed by atoms with Crippen molar-refractivity contribution >= 4 is 11.0 Å². The number of nitrogens with zero attached hydrogens (tertiary/aromatic N) is 3. The molecule has 3 heterocycles. The zero-order valence-corrected chi connectivity index (χ0v) is 15.7. The molecule has 0 aliphatic heterocycles. The van der Waals surface area contributed by atoms with Crippen molar-refractivity contribution in [1.82, 2.24) is 14.8 Å². The van der Waals surface area contributed by atoms with Gasteiger partial charge in [-0.15, -0.1) is 0 Å². The summed E-state index contributed by atoms with van der Waals surface area (Å²) in [5, 5.41) is 3.95. The number of ether oxygens (including phenoxy) is 2. The van der Waals surface area contributed by atoms with E-state index in [9.17, 15) is 18.0 Å². The maximum absolute atomic E-state index is 13.8. The molecule has 7 nitrogen and oxygen atoms in total. The Hall–Kier alpha value is -3.82. The molecule has 10 heteroatoms. The molecular weight excluding hydrogens is 403 g/mol. The van der Waals surface area contributed by atoms with Gasteiger partial charge in [0, 0.05) is 18.0 Å². The number of methoxy groups -OCH3 is 2. The molecule has 0 bridgehead atoms. The molecule has 0 radical (unpaired) electrons. The van der Waals surface area contributed by atoms with Crippen molar-refractivity contribution in [2.45, 2.75) is 6.18 Å². The highest BCUT2D eigenvalue weighted by molar-refractivity contribution is 5.89. The Kier molecular flexibility index (Phi) is 4.69. The van der Waals surface area contributed by atoms with E-state index in [4.69, 9.17) is 13.9 Å². The Morgan fingerprint density at radius 1 is 1.10 bits per heavy atom. The molecule has 0 atom stereocenters. The quantitative estimate of drug-likeness (QED) is 0.498. The van der Waals surface area contributed by atoms with Crippen molar-refractivity contribution < 1.29 is 27.1 Å². The van der Waals surface area contributed by atoms with Crippen molar-refractivity contribution in [3.05, 3.63) is 64.9 Å². The van der Waals surface area contributed by atoms with E-state index in [0.717, 1.165) is 6.20 Å². The van der Waals surface area contributed by atoms with Gasteiger partial charge in [0.25, 0.3) is 0 Å². The van der Waals surface area contributed by atoms with Gasteiger partial charge >= 0.3 is 6.18 Å². The lowest BCUT2D eigenvalue weighted by Crippen LogP contribution is -2.16. The molecular formula is C20H14F3N3O4. The predicted octanol–water partition coefficient (Wildman–Crippen LogP) is 4.08. The lowest BCUT2D eigenvalue weighted by atomic mass is 10.0. The number of pyridine rings is 1. The van der Waals surface area contributed by atoms with Crippen LogP contribution in [0.2, 0.25) is 0 Å². The molecule has 154 valence electrons. The first-order valence-electron chi connectivity index (χ1n) is 8.60. The van der Waals surface area contributed by atoms with E-state index in [-0.39, 0.29) is 28.0 Å². The van der Waals surface area contributed by atoms with Gasteiger partial charge in [-0.05, 0) is 24.3 Å². The third-order valence-electron chi connectivity index (χ3n) is 4.42. The van der Waals surface area contributed by atoms with Crippen molar-refractivity contribution in [2.24, 2.45) is 0 Å². The molecule has 0 saturated carbocycles. The van der Waals surface area contributed by atoms with Gasteiger partial charge in [0.05, 0.1) is 31.4 Å². The first kappa shape index (κ1) is 19.5. The van der Waals surface area contributed by atoms with Gasteiger partial charge in [0.1, 0.15) is 0 Å². The van der Waals surface area contributed by atoms with E-state index in [1.54, 1.807) is 18.2 Å². The summed E-state index contributed by atoms with van der Waals surface area (Å²) in [6.45, 7) is 0. The number of aromatic nitrogens is 3. The first-order chi connectivity index (χ1) is 14.3. The van der Waals surface area contributed by atoms with E-state index >= 15 is 0 Å². The highest BCUT2D eigenvalue weighted by atomic mass is 19.4. The zero-order chi connectivity index (χ0) is 21.5. The summed E-state index contributed by atoms with van der Waals surface area (Å²) in [4.78, 5) is 17.2. The van der Waals surface area contributed by atoms with Gasteiger partial charge in [-0.2, -0.15) is 18.3 Å². The SMILES string of the molecule is COc1ccc2c(=O)c(-c3cnn(-c4ccccn4)c3)c(C(F)(F)F)oc2c1OC. The van der Waals surface area contributed by atoms with E-state index in [1.165, 1.54) is 43.4 Å². The standard InChI is InChI=1S/C20H14F3N3O4/c1-28-13-7-6-12-16(27)15(19(20(21,22)23)30-17(12)18(13)29-2)11-9-25-26(10-11)14-5-3-4-8-24-14/h3-10H,1-2H3. The first-order valence-corrected chi connectivity index (χ1v) is 8.60. The topological polar surface area (TPSA) is 79.4 Å². The second-order valence-corrected chi connectivity index (χ2v) is 6.17. The average molecular weight is 417 g/mol. The number of rotatable bonds is 4. The Morgan fingerprint density at radius 2 is 1.90 bits per heavy atom. The van der Waals surface area contributed by atoms with Crippen LogP contribution in [0.25, 0.3) is 27.9 Å². The fraction of sp³-hybridized carbons (Fsp3) is 0.150. The third-order valence-corrected chi connectivity index (χ3v) is 4.42. The summed E-state index contributed by atoms with van der Waals surface area (Å²) in [6.07, 6.45) is -0.981. The van der Waals surface area contributed by atoms with E-state index in [2.05, 4.69) is 10.1 Å². The Labute approximate surface area is 167 Å². The zero-order valence-electron chi connectivity index (χ0n) is 15.7. The van der Waals surface area contributed by atoms with Gasteiger partial charge in [0.2, 0.25) is 16.9 Å².